The van der Waals surface area contributed by atoms with E-state index in [-0.39, 0.29) is 12.1 Å². The molecule has 1 aliphatic heterocycles. The van der Waals surface area contributed by atoms with E-state index < -0.39 is 5.60 Å². The van der Waals surface area contributed by atoms with Gasteiger partial charge in [-0.3, -0.25) is 0 Å². The third-order valence-corrected chi connectivity index (χ3v) is 2.84. The van der Waals surface area contributed by atoms with Gasteiger partial charge >= 0.3 is 6.09 Å². The number of hydrogen-bond donors (Lipinski definition) is 2. The Hall–Kier alpha value is -0.810. The molecule has 1 fully saturated rings. The van der Waals surface area contributed by atoms with Crippen LogP contribution in [0, 0.1) is 0 Å². The maximum Gasteiger partial charge on any atom is 0.410 e. The number of hydrogen-bond acceptors (Lipinski definition) is 4. The van der Waals surface area contributed by atoms with Gasteiger partial charge in [-0.05, 0) is 46.5 Å². The molecule has 5 nitrogen and oxygen atoms in total. The quantitative estimate of drug-likeness (QED) is 0.747. The summed E-state index contributed by atoms with van der Waals surface area (Å²) < 4.78 is 5.39. The highest BCUT2D eigenvalue weighted by Crippen LogP contribution is 2.22. The summed E-state index contributed by atoms with van der Waals surface area (Å²) >= 11 is 0. The van der Waals surface area contributed by atoms with Gasteiger partial charge in [-0.2, -0.15) is 0 Å². The molecule has 0 aliphatic carbocycles. The Morgan fingerprint density at radius 1 is 1.47 bits per heavy atom. The summed E-state index contributed by atoms with van der Waals surface area (Å²) in [5, 5.41) is 8.62. The van der Waals surface area contributed by atoms with Crippen molar-refractivity contribution >= 4 is 6.09 Å². The number of amides is 1. The molecule has 1 atom stereocenters. The Morgan fingerprint density at radius 2 is 2.18 bits per heavy atom. The maximum atomic E-state index is 12.0. The number of nitrogens with zero attached hydrogens (tertiary/aromatic N) is 1. The Bertz CT molecular complexity index is 251. The van der Waals surface area contributed by atoms with Gasteiger partial charge in [0.1, 0.15) is 5.60 Å². The van der Waals surface area contributed by atoms with Crippen LogP contribution in [0.5, 0.6) is 0 Å². The second kappa shape index (κ2) is 6.21. The molecule has 1 amide bonds. The molecule has 100 valence electrons. The minimum atomic E-state index is -0.450. The van der Waals surface area contributed by atoms with Crippen LogP contribution in [-0.2, 0) is 4.74 Å². The predicted molar refractivity (Wildman–Crippen MR) is 65.0 cm³/mol. The molecule has 1 aliphatic rings. The SMILES string of the molecule is CC(C)(C)OC(=O)N1CCCCC1CCNO. The standard InChI is InChI=1S/C12H24N2O3/c1-12(2,3)17-11(15)14-9-5-4-6-10(14)7-8-13-16/h10,13,16H,4-9H2,1-3H3. The average molecular weight is 244 g/mol. The topological polar surface area (TPSA) is 61.8 Å². The molecule has 5 heteroatoms. The van der Waals surface area contributed by atoms with E-state index in [1.807, 2.05) is 20.8 Å². The molecule has 2 N–H and O–H groups in total. The normalized spacial score (nSPS) is 21.4. The van der Waals surface area contributed by atoms with Gasteiger partial charge in [-0.1, -0.05) is 0 Å². The first-order chi connectivity index (χ1) is 7.94. The number of nitrogens with one attached hydrogen (secondary N) is 1. The average Bonchev–Trinajstić information content (AvgIpc) is 2.24. The highest BCUT2D eigenvalue weighted by Gasteiger charge is 2.29. The Morgan fingerprint density at radius 3 is 2.76 bits per heavy atom. The van der Waals surface area contributed by atoms with Crippen molar-refractivity contribution in [2.24, 2.45) is 0 Å². The molecule has 0 radical (unpaired) electrons. The van der Waals surface area contributed by atoms with E-state index >= 15 is 0 Å². The second-order valence-corrected chi connectivity index (χ2v) is 5.52. The molecule has 1 rings (SSSR count). The minimum Gasteiger partial charge on any atom is -0.444 e. The van der Waals surface area contributed by atoms with Gasteiger partial charge in [0.25, 0.3) is 0 Å². The van der Waals surface area contributed by atoms with Crippen LogP contribution in [0.25, 0.3) is 0 Å². The largest absolute Gasteiger partial charge is 0.444 e. The number of likely N-dealkylation sites (tertiary alicyclic amines) is 1. The van der Waals surface area contributed by atoms with Gasteiger partial charge in [0, 0.05) is 19.1 Å². The van der Waals surface area contributed by atoms with Crippen molar-refractivity contribution < 1.29 is 14.7 Å². The second-order valence-electron chi connectivity index (χ2n) is 5.52. The van der Waals surface area contributed by atoms with E-state index in [0.29, 0.717) is 6.54 Å². The molecule has 1 heterocycles. The molecule has 0 aromatic carbocycles. The lowest BCUT2D eigenvalue weighted by atomic mass is 10.00. The number of carbonyl (C=O) groups excluding carboxylic acids is 1. The molecule has 1 saturated heterocycles. The molecule has 0 spiro atoms. The Balaban J connectivity index is 2.54. The van der Waals surface area contributed by atoms with Gasteiger partial charge < -0.3 is 14.8 Å². The van der Waals surface area contributed by atoms with Gasteiger partial charge in [-0.15, -0.1) is 0 Å². The fraction of sp³-hybridized carbons (Fsp3) is 0.917. The molecule has 0 bridgehead atoms. The van der Waals surface area contributed by atoms with Crippen molar-refractivity contribution in [3.05, 3.63) is 0 Å². The number of ether oxygens (including phenoxy) is 1. The van der Waals surface area contributed by atoms with E-state index in [1.165, 1.54) is 0 Å². The summed E-state index contributed by atoms with van der Waals surface area (Å²) in [6.45, 7) is 6.88. The van der Waals surface area contributed by atoms with Crippen molar-refractivity contribution in [3.8, 4) is 0 Å². The van der Waals surface area contributed by atoms with Gasteiger partial charge in [0.05, 0.1) is 0 Å². The summed E-state index contributed by atoms with van der Waals surface area (Å²) in [6, 6.07) is 0.179. The van der Waals surface area contributed by atoms with Crippen LogP contribution in [0.4, 0.5) is 4.79 Å². The summed E-state index contributed by atoms with van der Waals surface area (Å²) in [7, 11) is 0. The van der Waals surface area contributed by atoms with Crippen molar-refractivity contribution in [1.82, 2.24) is 10.4 Å². The molecule has 0 aromatic heterocycles. The van der Waals surface area contributed by atoms with Crippen molar-refractivity contribution in [1.29, 1.82) is 0 Å². The fourth-order valence-electron chi connectivity index (χ4n) is 2.09. The number of piperidine rings is 1. The molecule has 0 saturated carbocycles. The molecular formula is C12H24N2O3. The maximum absolute atomic E-state index is 12.0. The van der Waals surface area contributed by atoms with Crippen molar-refractivity contribution in [2.75, 3.05) is 13.1 Å². The highest BCUT2D eigenvalue weighted by molar-refractivity contribution is 5.68. The number of carbonyl (C=O) groups is 1. The predicted octanol–water partition coefficient (Wildman–Crippen LogP) is 2.14. The van der Waals surface area contributed by atoms with E-state index in [1.54, 1.807) is 4.90 Å². The van der Waals surface area contributed by atoms with Crippen LogP contribution in [0.3, 0.4) is 0 Å². The zero-order chi connectivity index (χ0) is 12.9. The molecular weight excluding hydrogens is 220 g/mol. The van der Waals surface area contributed by atoms with E-state index in [9.17, 15) is 4.79 Å². The number of rotatable bonds is 3. The van der Waals surface area contributed by atoms with Crippen LogP contribution in [0.15, 0.2) is 0 Å². The first-order valence-corrected chi connectivity index (χ1v) is 6.30. The third kappa shape index (κ3) is 4.91. The van der Waals surface area contributed by atoms with Crippen LogP contribution in [0.1, 0.15) is 46.5 Å². The summed E-state index contributed by atoms with van der Waals surface area (Å²) in [5.41, 5.74) is 1.69. The number of hydroxylamine groups is 1. The lowest BCUT2D eigenvalue weighted by molar-refractivity contribution is 0.00757. The summed E-state index contributed by atoms with van der Waals surface area (Å²) in [5.74, 6) is 0. The monoisotopic (exact) mass is 244 g/mol. The van der Waals surface area contributed by atoms with Crippen LogP contribution < -0.4 is 5.48 Å². The van der Waals surface area contributed by atoms with Crippen LogP contribution in [-0.4, -0.2) is 40.9 Å². The van der Waals surface area contributed by atoms with Crippen molar-refractivity contribution in [2.45, 2.75) is 58.1 Å². The Kier molecular flexibility index (Phi) is 5.21. The lowest BCUT2D eigenvalue weighted by Gasteiger charge is -2.36. The highest BCUT2D eigenvalue weighted by atomic mass is 16.6. The van der Waals surface area contributed by atoms with Gasteiger partial charge in [-0.25, -0.2) is 10.3 Å². The Labute approximate surface area is 103 Å². The van der Waals surface area contributed by atoms with E-state index in [2.05, 4.69) is 5.48 Å². The molecule has 17 heavy (non-hydrogen) atoms. The molecule has 1 unspecified atom stereocenters. The first kappa shape index (κ1) is 14.3. The van der Waals surface area contributed by atoms with E-state index in [0.717, 1.165) is 32.2 Å². The summed E-state index contributed by atoms with van der Waals surface area (Å²) in [6.07, 6.45) is 3.68. The zero-order valence-electron chi connectivity index (χ0n) is 11.0. The first-order valence-electron chi connectivity index (χ1n) is 6.30. The lowest BCUT2D eigenvalue weighted by Crippen LogP contribution is -2.46. The van der Waals surface area contributed by atoms with Gasteiger partial charge in [0.2, 0.25) is 0 Å². The minimum absolute atomic E-state index is 0.179. The fourth-order valence-corrected chi connectivity index (χ4v) is 2.09. The van der Waals surface area contributed by atoms with E-state index in [4.69, 9.17) is 9.94 Å². The zero-order valence-corrected chi connectivity index (χ0v) is 11.0. The van der Waals surface area contributed by atoms with Gasteiger partial charge in [0.15, 0.2) is 0 Å². The smallest absolute Gasteiger partial charge is 0.410 e. The van der Waals surface area contributed by atoms with Crippen LogP contribution in [0.2, 0.25) is 0 Å². The van der Waals surface area contributed by atoms with Crippen molar-refractivity contribution in [3.63, 3.8) is 0 Å². The summed E-state index contributed by atoms with van der Waals surface area (Å²) in [4.78, 5) is 13.8. The van der Waals surface area contributed by atoms with Crippen LogP contribution >= 0.6 is 0 Å². The molecule has 0 aromatic rings. The third-order valence-electron chi connectivity index (χ3n) is 2.84.